The van der Waals surface area contributed by atoms with Gasteiger partial charge in [0.15, 0.2) is 0 Å². The average Bonchev–Trinajstić information content (AvgIpc) is 2.89. The fraction of sp³-hybridized carbons (Fsp3) is 0.0476. The zero-order valence-electron chi connectivity index (χ0n) is 13.7. The Morgan fingerprint density at radius 2 is 1.73 bits per heavy atom. The van der Waals surface area contributed by atoms with E-state index in [2.05, 4.69) is 15.9 Å². The normalized spacial score (nSPS) is 16.0. The molecule has 0 unspecified atom stereocenters. The maximum Gasteiger partial charge on any atom is 0.293 e. The van der Waals surface area contributed by atoms with Crippen LogP contribution < -0.4 is 0 Å². The van der Waals surface area contributed by atoms with E-state index in [1.165, 1.54) is 4.90 Å². The smallest absolute Gasteiger partial charge is 0.268 e. The summed E-state index contributed by atoms with van der Waals surface area (Å²) in [4.78, 5) is 26.8. The lowest BCUT2D eigenvalue weighted by molar-refractivity contribution is -0.123. The van der Waals surface area contributed by atoms with Crippen molar-refractivity contribution in [1.82, 2.24) is 4.90 Å². The first-order valence-corrected chi connectivity index (χ1v) is 9.70. The molecule has 0 N–H and O–H groups in total. The van der Waals surface area contributed by atoms with Crippen molar-refractivity contribution >= 4 is 55.7 Å². The summed E-state index contributed by atoms with van der Waals surface area (Å²) >= 11 is 4.40. The fourth-order valence-corrected chi connectivity index (χ4v) is 4.16. The van der Waals surface area contributed by atoms with Crippen LogP contribution in [0.5, 0.6) is 0 Å². The molecule has 0 spiro atoms. The molecule has 0 aromatic heterocycles. The van der Waals surface area contributed by atoms with Crippen molar-refractivity contribution in [3.63, 3.8) is 0 Å². The number of benzene rings is 3. The molecule has 0 bridgehead atoms. The van der Waals surface area contributed by atoms with Gasteiger partial charge in [0, 0.05) is 4.47 Å². The number of halogens is 1. The summed E-state index contributed by atoms with van der Waals surface area (Å²) < 4.78 is 0.932. The van der Waals surface area contributed by atoms with Crippen LogP contribution in [0.15, 0.2) is 76.1 Å². The summed E-state index contributed by atoms with van der Waals surface area (Å²) in [7, 11) is 0. The number of amides is 2. The van der Waals surface area contributed by atoms with Crippen LogP contribution in [0.2, 0.25) is 0 Å². The molecular formula is C21H14BrNO2S. The lowest BCUT2D eigenvalue weighted by Gasteiger charge is -2.13. The van der Waals surface area contributed by atoms with E-state index >= 15 is 0 Å². The van der Waals surface area contributed by atoms with Crippen molar-refractivity contribution in [3.05, 3.63) is 87.2 Å². The number of carbonyl (C=O) groups excluding carboxylic acids is 2. The van der Waals surface area contributed by atoms with Gasteiger partial charge in [-0.15, -0.1) is 0 Å². The Morgan fingerprint density at radius 1 is 0.923 bits per heavy atom. The van der Waals surface area contributed by atoms with Gasteiger partial charge in [0.25, 0.3) is 11.1 Å². The summed E-state index contributed by atoms with van der Waals surface area (Å²) in [6.45, 7) is 0.283. The third kappa shape index (κ3) is 3.45. The summed E-state index contributed by atoms with van der Waals surface area (Å²) in [6, 6.07) is 21.7. The first-order chi connectivity index (χ1) is 12.6. The van der Waals surface area contributed by atoms with Gasteiger partial charge < -0.3 is 0 Å². The monoisotopic (exact) mass is 423 g/mol. The van der Waals surface area contributed by atoms with E-state index in [9.17, 15) is 9.59 Å². The molecule has 1 heterocycles. The molecule has 3 nitrogen and oxygen atoms in total. The van der Waals surface area contributed by atoms with Crippen LogP contribution in [0.4, 0.5) is 4.79 Å². The second-order valence-electron chi connectivity index (χ2n) is 6.00. The second-order valence-corrected chi connectivity index (χ2v) is 7.91. The van der Waals surface area contributed by atoms with E-state index in [1.807, 2.05) is 66.7 Å². The summed E-state index contributed by atoms with van der Waals surface area (Å²) in [5.74, 6) is -0.242. The molecule has 3 aromatic carbocycles. The minimum atomic E-state index is -0.242. The maximum atomic E-state index is 12.7. The highest BCUT2D eigenvalue weighted by Crippen LogP contribution is 2.33. The van der Waals surface area contributed by atoms with Crippen LogP contribution in [0.3, 0.4) is 0 Å². The van der Waals surface area contributed by atoms with Crippen molar-refractivity contribution in [2.75, 3.05) is 0 Å². The Bertz CT molecular complexity index is 1060. The van der Waals surface area contributed by atoms with Gasteiger partial charge in [-0.05, 0) is 57.9 Å². The van der Waals surface area contributed by atoms with Crippen LogP contribution in [0.1, 0.15) is 11.1 Å². The van der Waals surface area contributed by atoms with Gasteiger partial charge in [-0.3, -0.25) is 14.5 Å². The molecule has 1 saturated heterocycles. The van der Waals surface area contributed by atoms with Crippen molar-refractivity contribution in [2.45, 2.75) is 6.54 Å². The minimum absolute atomic E-state index is 0.232. The molecule has 0 atom stereocenters. The van der Waals surface area contributed by atoms with Gasteiger partial charge in [-0.1, -0.05) is 64.5 Å². The Balaban J connectivity index is 1.58. The number of thioether (sulfide) groups is 1. The summed E-state index contributed by atoms with van der Waals surface area (Å²) in [5.41, 5.74) is 1.82. The predicted molar refractivity (Wildman–Crippen MR) is 110 cm³/mol. The van der Waals surface area contributed by atoms with Crippen molar-refractivity contribution in [3.8, 4) is 0 Å². The number of nitrogens with zero attached hydrogens (tertiary/aromatic N) is 1. The number of imide groups is 1. The quantitative estimate of drug-likeness (QED) is 0.496. The number of hydrogen-bond acceptors (Lipinski definition) is 3. The molecule has 1 aliphatic rings. The zero-order valence-corrected chi connectivity index (χ0v) is 16.1. The molecule has 3 aromatic rings. The third-order valence-electron chi connectivity index (χ3n) is 4.17. The van der Waals surface area contributed by atoms with Gasteiger partial charge in [-0.2, -0.15) is 0 Å². The van der Waals surface area contributed by atoms with E-state index in [-0.39, 0.29) is 17.7 Å². The molecule has 1 aliphatic heterocycles. The third-order valence-corrected chi connectivity index (χ3v) is 5.58. The molecule has 128 valence electrons. The van der Waals surface area contributed by atoms with Crippen molar-refractivity contribution < 1.29 is 9.59 Å². The standard InChI is InChI=1S/C21H14BrNO2S/c22-18-7-3-4-14(11-18)12-19-20(24)23(21(25)26-19)13-15-8-9-16-5-1-2-6-17(16)10-15/h1-12H,13H2/b19-12-. The lowest BCUT2D eigenvalue weighted by Crippen LogP contribution is -2.27. The molecule has 4 rings (SSSR count). The molecule has 2 amide bonds. The fourth-order valence-electron chi connectivity index (χ4n) is 2.90. The van der Waals surface area contributed by atoms with Crippen LogP contribution >= 0.6 is 27.7 Å². The highest BCUT2D eigenvalue weighted by Gasteiger charge is 2.34. The van der Waals surface area contributed by atoms with E-state index in [0.29, 0.717) is 4.91 Å². The Labute approximate surface area is 163 Å². The SMILES string of the molecule is O=C1S/C(=C\c2cccc(Br)c2)C(=O)N1Cc1ccc2ccccc2c1. The zero-order chi connectivity index (χ0) is 18.1. The number of hydrogen-bond donors (Lipinski definition) is 0. The largest absolute Gasteiger partial charge is 0.293 e. The van der Waals surface area contributed by atoms with Gasteiger partial charge in [0.05, 0.1) is 11.4 Å². The van der Waals surface area contributed by atoms with E-state index in [1.54, 1.807) is 6.08 Å². The molecule has 0 aliphatic carbocycles. The van der Waals surface area contributed by atoms with Crippen LogP contribution in [-0.2, 0) is 11.3 Å². The van der Waals surface area contributed by atoms with Crippen LogP contribution in [0, 0.1) is 0 Å². The molecule has 5 heteroatoms. The molecule has 26 heavy (non-hydrogen) atoms. The van der Waals surface area contributed by atoms with Gasteiger partial charge in [0.1, 0.15) is 0 Å². The maximum absolute atomic E-state index is 12.7. The Hall–Kier alpha value is -2.37. The van der Waals surface area contributed by atoms with Gasteiger partial charge in [0.2, 0.25) is 0 Å². The number of fused-ring (bicyclic) bond motifs is 1. The highest BCUT2D eigenvalue weighted by molar-refractivity contribution is 9.10. The number of rotatable bonds is 3. The average molecular weight is 424 g/mol. The Morgan fingerprint density at radius 3 is 2.54 bits per heavy atom. The molecule has 0 saturated carbocycles. The minimum Gasteiger partial charge on any atom is -0.268 e. The number of carbonyl (C=O) groups is 2. The van der Waals surface area contributed by atoms with Crippen LogP contribution in [0.25, 0.3) is 16.8 Å². The first-order valence-electron chi connectivity index (χ1n) is 8.09. The lowest BCUT2D eigenvalue weighted by atomic mass is 10.1. The topological polar surface area (TPSA) is 37.4 Å². The second kappa shape index (κ2) is 7.09. The Kier molecular flexibility index (Phi) is 4.66. The predicted octanol–water partition coefficient (Wildman–Crippen LogP) is 5.84. The van der Waals surface area contributed by atoms with Crippen LogP contribution in [-0.4, -0.2) is 16.0 Å². The summed E-state index contributed by atoms with van der Waals surface area (Å²) in [5, 5.41) is 2.01. The van der Waals surface area contributed by atoms with Crippen molar-refractivity contribution in [1.29, 1.82) is 0 Å². The molecule has 0 radical (unpaired) electrons. The molecular weight excluding hydrogens is 410 g/mol. The van der Waals surface area contributed by atoms with E-state index < -0.39 is 0 Å². The van der Waals surface area contributed by atoms with Gasteiger partial charge in [-0.25, -0.2) is 0 Å². The first kappa shape index (κ1) is 17.1. The van der Waals surface area contributed by atoms with E-state index in [4.69, 9.17) is 0 Å². The molecule has 1 fully saturated rings. The summed E-state index contributed by atoms with van der Waals surface area (Å²) in [6.07, 6.45) is 1.76. The van der Waals surface area contributed by atoms with Gasteiger partial charge >= 0.3 is 0 Å². The highest BCUT2D eigenvalue weighted by atomic mass is 79.9. The van der Waals surface area contributed by atoms with Crippen molar-refractivity contribution in [2.24, 2.45) is 0 Å². The van der Waals surface area contributed by atoms with E-state index in [0.717, 1.165) is 38.1 Å².